The third-order valence-electron chi connectivity index (χ3n) is 5.07. The van der Waals surface area contributed by atoms with Crippen molar-refractivity contribution in [2.24, 2.45) is 22.7 Å². The first-order valence-corrected chi connectivity index (χ1v) is 6.07. The first-order chi connectivity index (χ1) is 7.36. The molecule has 0 unspecified atom stereocenters. The maximum absolute atomic E-state index is 12.3. The molecular formula is C13H20O3. The summed E-state index contributed by atoms with van der Waals surface area (Å²) in [5.74, 6) is -0.543. The summed E-state index contributed by atoms with van der Waals surface area (Å²) < 4.78 is 5.03. The average Bonchev–Trinajstić information content (AvgIpc) is 2.50. The Bertz CT molecular complexity index is 345. The zero-order valence-corrected chi connectivity index (χ0v) is 10.5. The van der Waals surface area contributed by atoms with Gasteiger partial charge in [0, 0.05) is 5.41 Å². The lowest BCUT2D eigenvalue weighted by Crippen LogP contribution is -2.36. The van der Waals surface area contributed by atoms with Crippen molar-refractivity contribution in [3.8, 4) is 0 Å². The molecule has 0 spiro atoms. The highest BCUT2D eigenvalue weighted by molar-refractivity contribution is 6.05. The van der Waals surface area contributed by atoms with E-state index in [9.17, 15) is 9.59 Å². The van der Waals surface area contributed by atoms with Gasteiger partial charge in [-0.1, -0.05) is 20.8 Å². The maximum atomic E-state index is 12.3. The van der Waals surface area contributed by atoms with E-state index in [0.717, 1.165) is 12.8 Å². The number of Topliss-reactive ketones (excluding diaryl/α,β-unsaturated/α-hetero) is 1. The van der Waals surface area contributed by atoms with Crippen LogP contribution in [0.2, 0.25) is 0 Å². The van der Waals surface area contributed by atoms with Crippen molar-refractivity contribution in [2.45, 2.75) is 40.5 Å². The second-order valence-electron chi connectivity index (χ2n) is 5.79. The van der Waals surface area contributed by atoms with Crippen LogP contribution in [0, 0.1) is 22.7 Å². The summed E-state index contributed by atoms with van der Waals surface area (Å²) in [6.45, 7) is 8.37. The quantitative estimate of drug-likeness (QED) is 0.533. The minimum Gasteiger partial charge on any atom is -0.465 e. The van der Waals surface area contributed by atoms with Crippen LogP contribution in [0.15, 0.2) is 0 Å². The van der Waals surface area contributed by atoms with E-state index in [4.69, 9.17) is 4.74 Å². The molecule has 16 heavy (non-hydrogen) atoms. The molecule has 2 rings (SSSR count). The average molecular weight is 224 g/mol. The fraction of sp³-hybridized carbons (Fsp3) is 0.846. The Balaban J connectivity index is 2.33. The van der Waals surface area contributed by atoms with Crippen molar-refractivity contribution >= 4 is 11.8 Å². The molecule has 2 fully saturated rings. The van der Waals surface area contributed by atoms with E-state index >= 15 is 0 Å². The highest BCUT2D eigenvalue weighted by Crippen LogP contribution is 2.65. The van der Waals surface area contributed by atoms with Gasteiger partial charge in [-0.2, -0.15) is 0 Å². The van der Waals surface area contributed by atoms with E-state index in [2.05, 4.69) is 13.8 Å². The van der Waals surface area contributed by atoms with Gasteiger partial charge < -0.3 is 4.74 Å². The maximum Gasteiger partial charge on any atom is 0.316 e. The molecule has 3 nitrogen and oxygen atoms in total. The molecular weight excluding hydrogens is 204 g/mol. The lowest BCUT2D eigenvalue weighted by atomic mass is 9.70. The van der Waals surface area contributed by atoms with Crippen molar-refractivity contribution in [2.75, 3.05) is 6.61 Å². The van der Waals surface area contributed by atoms with Gasteiger partial charge in [-0.25, -0.2) is 0 Å². The molecule has 0 heterocycles. The molecule has 0 aromatic carbocycles. The molecule has 0 aliphatic heterocycles. The molecule has 0 aromatic rings. The van der Waals surface area contributed by atoms with E-state index in [0.29, 0.717) is 6.61 Å². The van der Waals surface area contributed by atoms with Gasteiger partial charge in [0.1, 0.15) is 5.92 Å². The number of esters is 1. The Morgan fingerprint density at radius 2 is 2.06 bits per heavy atom. The van der Waals surface area contributed by atoms with Crippen LogP contribution >= 0.6 is 0 Å². The zero-order chi connectivity index (χ0) is 12.1. The summed E-state index contributed by atoms with van der Waals surface area (Å²) in [5, 5.41) is 0. The van der Waals surface area contributed by atoms with Crippen LogP contribution in [-0.4, -0.2) is 18.4 Å². The van der Waals surface area contributed by atoms with Gasteiger partial charge in [-0.05, 0) is 31.1 Å². The Hall–Kier alpha value is -0.860. The second-order valence-corrected chi connectivity index (χ2v) is 5.79. The summed E-state index contributed by atoms with van der Waals surface area (Å²) in [4.78, 5) is 24.2. The number of carbonyl (C=O) groups is 2. The smallest absolute Gasteiger partial charge is 0.316 e. The topological polar surface area (TPSA) is 43.4 Å². The molecule has 0 aromatic heterocycles. The van der Waals surface area contributed by atoms with Gasteiger partial charge in [-0.15, -0.1) is 0 Å². The highest BCUT2D eigenvalue weighted by atomic mass is 16.5. The predicted molar refractivity (Wildman–Crippen MR) is 59.7 cm³/mol. The number of fused-ring (bicyclic) bond motifs is 2. The summed E-state index contributed by atoms with van der Waals surface area (Å²) >= 11 is 0. The molecule has 3 heteroatoms. The van der Waals surface area contributed by atoms with Crippen molar-refractivity contribution in [3.05, 3.63) is 0 Å². The number of rotatable bonds is 2. The van der Waals surface area contributed by atoms with E-state index in [-0.39, 0.29) is 28.5 Å². The fourth-order valence-electron chi connectivity index (χ4n) is 3.59. The van der Waals surface area contributed by atoms with Gasteiger partial charge in [0.05, 0.1) is 6.61 Å². The SMILES string of the molecule is CCOC(=O)[C@@H]1C(=O)[C@@]2(C)CC[C@H]1C2(C)C. The van der Waals surface area contributed by atoms with Crippen LogP contribution in [0.1, 0.15) is 40.5 Å². The predicted octanol–water partition coefficient (Wildman–Crippen LogP) is 2.19. The third-order valence-corrected chi connectivity index (χ3v) is 5.07. The molecule has 2 aliphatic carbocycles. The number of carbonyl (C=O) groups excluding carboxylic acids is 2. The molecule has 0 saturated heterocycles. The Morgan fingerprint density at radius 1 is 1.44 bits per heavy atom. The lowest BCUT2D eigenvalue weighted by Gasteiger charge is -2.32. The van der Waals surface area contributed by atoms with Crippen LogP contribution in [-0.2, 0) is 14.3 Å². The van der Waals surface area contributed by atoms with Crippen molar-refractivity contribution < 1.29 is 14.3 Å². The summed E-state index contributed by atoms with van der Waals surface area (Å²) in [6, 6.07) is 0. The minimum absolute atomic E-state index is 0.0679. The molecule has 90 valence electrons. The second kappa shape index (κ2) is 3.31. The minimum atomic E-state index is -0.506. The summed E-state index contributed by atoms with van der Waals surface area (Å²) in [7, 11) is 0. The van der Waals surface area contributed by atoms with E-state index < -0.39 is 5.92 Å². The summed E-state index contributed by atoms with van der Waals surface area (Å²) in [5.41, 5.74) is -0.392. The Morgan fingerprint density at radius 3 is 2.50 bits per heavy atom. The monoisotopic (exact) mass is 224 g/mol. The molecule has 0 N–H and O–H groups in total. The standard InChI is InChI=1S/C13H20O3/c1-5-16-11(15)9-8-6-7-13(4,10(9)14)12(8,2)3/h8-9H,5-7H2,1-4H3/t8-,9+,13-/m1/s1. The van der Waals surface area contributed by atoms with Gasteiger partial charge in [0.15, 0.2) is 5.78 Å². The molecule has 0 radical (unpaired) electrons. The van der Waals surface area contributed by atoms with Crippen LogP contribution in [0.25, 0.3) is 0 Å². The highest BCUT2D eigenvalue weighted by Gasteiger charge is 2.68. The van der Waals surface area contributed by atoms with Gasteiger partial charge in [-0.3, -0.25) is 9.59 Å². The Labute approximate surface area is 96.5 Å². The van der Waals surface area contributed by atoms with E-state index in [1.54, 1.807) is 6.92 Å². The van der Waals surface area contributed by atoms with Crippen LogP contribution in [0.4, 0.5) is 0 Å². The normalized spacial score (nSPS) is 40.1. The molecule has 3 atom stereocenters. The summed E-state index contributed by atoms with van der Waals surface area (Å²) in [6.07, 6.45) is 1.89. The Kier molecular flexibility index (Phi) is 2.41. The lowest BCUT2D eigenvalue weighted by molar-refractivity contribution is -0.154. The van der Waals surface area contributed by atoms with Crippen LogP contribution < -0.4 is 0 Å². The fourth-order valence-corrected chi connectivity index (χ4v) is 3.59. The zero-order valence-electron chi connectivity index (χ0n) is 10.5. The molecule has 0 amide bonds. The van der Waals surface area contributed by atoms with Crippen LogP contribution in [0.5, 0.6) is 0 Å². The van der Waals surface area contributed by atoms with Gasteiger partial charge in [0.2, 0.25) is 0 Å². The largest absolute Gasteiger partial charge is 0.465 e. The number of hydrogen-bond acceptors (Lipinski definition) is 3. The first kappa shape index (κ1) is 11.6. The van der Waals surface area contributed by atoms with Crippen molar-refractivity contribution in [3.63, 3.8) is 0 Å². The number of ketones is 1. The van der Waals surface area contributed by atoms with Crippen LogP contribution in [0.3, 0.4) is 0 Å². The van der Waals surface area contributed by atoms with Gasteiger partial charge >= 0.3 is 5.97 Å². The van der Waals surface area contributed by atoms with Crippen molar-refractivity contribution in [1.29, 1.82) is 0 Å². The first-order valence-electron chi connectivity index (χ1n) is 6.07. The molecule has 2 aliphatic rings. The van der Waals surface area contributed by atoms with Gasteiger partial charge in [0.25, 0.3) is 0 Å². The van der Waals surface area contributed by atoms with Crippen molar-refractivity contribution in [1.82, 2.24) is 0 Å². The molecule has 2 saturated carbocycles. The third kappa shape index (κ3) is 1.14. The molecule has 2 bridgehead atoms. The van der Waals surface area contributed by atoms with E-state index in [1.807, 2.05) is 6.92 Å². The number of ether oxygens (including phenoxy) is 1. The number of hydrogen-bond donors (Lipinski definition) is 0. The van der Waals surface area contributed by atoms with E-state index in [1.165, 1.54) is 0 Å².